The highest BCUT2D eigenvalue weighted by molar-refractivity contribution is 9.10. The van der Waals surface area contributed by atoms with Crippen LogP contribution in [-0.4, -0.2) is 37.1 Å². The van der Waals surface area contributed by atoms with Crippen LogP contribution in [0.15, 0.2) is 10.5 Å². The van der Waals surface area contributed by atoms with Gasteiger partial charge in [-0.1, -0.05) is 11.6 Å². The summed E-state index contributed by atoms with van der Waals surface area (Å²) in [5.74, 6) is 1.61. The molecule has 1 N–H and O–H groups in total. The standard InChI is InChI=1S/C11H11BrClN5O/c1-6-15-16-9-5-17(2-3-18(6)9)11(19)8-4-7(12)10(13)14-8/h4,14H,2-3,5H2,1H3. The van der Waals surface area contributed by atoms with E-state index < -0.39 is 0 Å². The lowest BCUT2D eigenvalue weighted by atomic mass is 10.3. The Kier molecular flexibility index (Phi) is 3.10. The van der Waals surface area contributed by atoms with Gasteiger partial charge in [0.1, 0.15) is 16.7 Å². The highest BCUT2D eigenvalue weighted by atomic mass is 79.9. The number of carbonyl (C=O) groups excluding carboxylic acids is 1. The lowest BCUT2D eigenvalue weighted by molar-refractivity contribution is 0.0701. The molecule has 1 aliphatic heterocycles. The molecule has 0 saturated heterocycles. The zero-order valence-corrected chi connectivity index (χ0v) is 12.5. The van der Waals surface area contributed by atoms with Crippen LogP contribution in [0.4, 0.5) is 0 Å². The monoisotopic (exact) mass is 343 g/mol. The number of nitrogens with zero attached hydrogens (tertiary/aromatic N) is 4. The molecule has 0 unspecified atom stereocenters. The van der Waals surface area contributed by atoms with E-state index in [-0.39, 0.29) is 5.91 Å². The van der Waals surface area contributed by atoms with Gasteiger partial charge in [-0.05, 0) is 28.9 Å². The number of aryl methyl sites for hydroxylation is 1. The number of aromatic nitrogens is 4. The van der Waals surface area contributed by atoms with Crippen LogP contribution in [-0.2, 0) is 13.1 Å². The van der Waals surface area contributed by atoms with Crippen molar-refractivity contribution >= 4 is 33.4 Å². The van der Waals surface area contributed by atoms with Gasteiger partial charge in [0, 0.05) is 13.1 Å². The van der Waals surface area contributed by atoms with E-state index in [0.29, 0.717) is 28.4 Å². The van der Waals surface area contributed by atoms with Crippen molar-refractivity contribution in [2.24, 2.45) is 0 Å². The molecule has 2 aromatic heterocycles. The smallest absolute Gasteiger partial charge is 0.270 e. The Morgan fingerprint density at radius 3 is 2.95 bits per heavy atom. The van der Waals surface area contributed by atoms with E-state index in [1.54, 1.807) is 11.0 Å². The molecule has 0 spiro atoms. The summed E-state index contributed by atoms with van der Waals surface area (Å²) in [5.41, 5.74) is 0.474. The number of hydrogen-bond donors (Lipinski definition) is 1. The van der Waals surface area contributed by atoms with Gasteiger partial charge < -0.3 is 14.5 Å². The third-order valence-electron chi connectivity index (χ3n) is 3.18. The molecular weight excluding hydrogens is 334 g/mol. The number of aromatic amines is 1. The predicted octanol–water partition coefficient (Wildman–Crippen LogP) is 1.99. The van der Waals surface area contributed by atoms with Crippen LogP contribution in [0.25, 0.3) is 0 Å². The first kappa shape index (κ1) is 12.7. The van der Waals surface area contributed by atoms with Crippen molar-refractivity contribution in [3.8, 4) is 0 Å². The molecule has 19 heavy (non-hydrogen) atoms. The highest BCUT2D eigenvalue weighted by Crippen LogP contribution is 2.24. The summed E-state index contributed by atoms with van der Waals surface area (Å²) in [4.78, 5) is 16.9. The van der Waals surface area contributed by atoms with Gasteiger partial charge in [0.25, 0.3) is 5.91 Å². The number of fused-ring (bicyclic) bond motifs is 1. The summed E-state index contributed by atoms with van der Waals surface area (Å²) in [5, 5.41) is 8.53. The Morgan fingerprint density at radius 1 is 1.47 bits per heavy atom. The normalized spacial score (nSPS) is 14.6. The molecular formula is C11H11BrClN5O. The fourth-order valence-electron chi connectivity index (χ4n) is 2.17. The quantitative estimate of drug-likeness (QED) is 0.860. The average Bonchev–Trinajstić information content (AvgIpc) is 2.93. The van der Waals surface area contributed by atoms with Gasteiger partial charge in [-0.25, -0.2) is 0 Å². The fourth-order valence-corrected chi connectivity index (χ4v) is 2.65. The Bertz CT molecular complexity index is 630. The molecule has 0 atom stereocenters. The van der Waals surface area contributed by atoms with Crippen LogP contribution in [0.3, 0.4) is 0 Å². The van der Waals surface area contributed by atoms with Crippen LogP contribution in [0, 0.1) is 6.92 Å². The molecule has 6 nitrogen and oxygen atoms in total. The lowest BCUT2D eigenvalue weighted by Gasteiger charge is -2.27. The van der Waals surface area contributed by atoms with Crippen molar-refractivity contribution in [1.82, 2.24) is 24.6 Å². The van der Waals surface area contributed by atoms with Gasteiger partial charge in [-0.3, -0.25) is 4.79 Å². The van der Waals surface area contributed by atoms with Crippen molar-refractivity contribution in [3.05, 3.63) is 33.0 Å². The van der Waals surface area contributed by atoms with Gasteiger partial charge in [0.05, 0.1) is 11.0 Å². The van der Waals surface area contributed by atoms with Crippen molar-refractivity contribution in [2.45, 2.75) is 20.0 Å². The number of rotatable bonds is 1. The number of hydrogen-bond acceptors (Lipinski definition) is 3. The van der Waals surface area contributed by atoms with Crippen molar-refractivity contribution < 1.29 is 4.79 Å². The molecule has 2 aromatic rings. The number of amides is 1. The van der Waals surface area contributed by atoms with Crippen LogP contribution >= 0.6 is 27.5 Å². The first-order valence-electron chi connectivity index (χ1n) is 5.78. The zero-order valence-electron chi connectivity index (χ0n) is 10.2. The summed E-state index contributed by atoms with van der Waals surface area (Å²) < 4.78 is 2.72. The maximum absolute atomic E-state index is 12.3. The Morgan fingerprint density at radius 2 is 2.26 bits per heavy atom. The molecule has 100 valence electrons. The molecule has 8 heteroatoms. The SMILES string of the molecule is Cc1nnc2n1CCN(C(=O)c1cc(Br)c(Cl)[nH]1)C2. The summed E-state index contributed by atoms with van der Waals surface area (Å²) in [6.45, 7) is 3.73. The Balaban J connectivity index is 1.83. The molecule has 0 bridgehead atoms. The maximum atomic E-state index is 12.3. The molecule has 0 saturated carbocycles. The van der Waals surface area contributed by atoms with Crippen LogP contribution < -0.4 is 0 Å². The summed E-state index contributed by atoms with van der Waals surface area (Å²) in [6.07, 6.45) is 0. The molecule has 3 rings (SSSR count). The second-order valence-electron chi connectivity index (χ2n) is 4.39. The highest BCUT2D eigenvalue weighted by Gasteiger charge is 2.25. The Labute approximate surface area is 122 Å². The minimum Gasteiger partial charge on any atom is -0.341 e. The summed E-state index contributed by atoms with van der Waals surface area (Å²) >= 11 is 9.17. The van der Waals surface area contributed by atoms with Crippen molar-refractivity contribution in [3.63, 3.8) is 0 Å². The fraction of sp³-hybridized carbons (Fsp3) is 0.364. The molecule has 0 aromatic carbocycles. The molecule has 1 aliphatic rings. The summed E-state index contributed by atoms with van der Waals surface area (Å²) in [6, 6.07) is 1.69. The van der Waals surface area contributed by atoms with Gasteiger partial charge >= 0.3 is 0 Å². The van der Waals surface area contributed by atoms with E-state index in [9.17, 15) is 4.79 Å². The second kappa shape index (κ2) is 4.64. The largest absolute Gasteiger partial charge is 0.341 e. The molecule has 1 amide bonds. The van der Waals surface area contributed by atoms with E-state index in [4.69, 9.17) is 11.6 Å². The first-order chi connectivity index (χ1) is 9.06. The van der Waals surface area contributed by atoms with E-state index in [1.165, 1.54) is 0 Å². The minimum absolute atomic E-state index is 0.0838. The van der Waals surface area contributed by atoms with Crippen LogP contribution in [0.2, 0.25) is 5.15 Å². The van der Waals surface area contributed by atoms with Crippen LogP contribution in [0.1, 0.15) is 22.1 Å². The van der Waals surface area contributed by atoms with E-state index in [2.05, 4.69) is 31.1 Å². The van der Waals surface area contributed by atoms with E-state index >= 15 is 0 Å². The van der Waals surface area contributed by atoms with Gasteiger partial charge in [0.2, 0.25) is 0 Å². The first-order valence-corrected chi connectivity index (χ1v) is 6.95. The van der Waals surface area contributed by atoms with Crippen LogP contribution in [0.5, 0.6) is 0 Å². The number of nitrogens with one attached hydrogen (secondary N) is 1. The number of H-pyrrole nitrogens is 1. The molecule has 0 fully saturated rings. The summed E-state index contributed by atoms with van der Waals surface area (Å²) in [7, 11) is 0. The van der Waals surface area contributed by atoms with E-state index in [1.807, 2.05) is 11.5 Å². The molecule has 3 heterocycles. The number of carbonyl (C=O) groups is 1. The van der Waals surface area contributed by atoms with Gasteiger partial charge in [0.15, 0.2) is 5.82 Å². The minimum atomic E-state index is -0.0838. The third kappa shape index (κ3) is 2.17. The average molecular weight is 345 g/mol. The van der Waals surface area contributed by atoms with Gasteiger partial charge in [-0.2, -0.15) is 0 Å². The van der Waals surface area contributed by atoms with Crippen molar-refractivity contribution in [2.75, 3.05) is 6.54 Å². The second-order valence-corrected chi connectivity index (χ2v) is 5.62. The van der Waals surface area contributed by atoms with Gasteiger partial charge in [-0.15, -0.1) is 10.2 Å². The zero-order chi connectivity index (χ0) is 13.6. The topological polar surface area (TPSA) is 66.8 Å². The third-order valence-corrected chi connectivity index (χ3v) is 4.33. The maximum Gasteiger partial charge on any atom is 0.270 e. The lowest BCUT2D eigenvalue weighted by Crippen LogP contribution is -2.38. The predicted molar refractivity (Wildman–Crippen MR) is 73.0 cm³/mol. The number of halogens is 2. The van der Waals surface area contributed by atoms with Crippen molar-refractivity contribution in [1.29, 1.82) is 0 Å². The molecule has 0 radical (unpaired) electrons. The molecule has 0 aliphatic carbocycles. The Hall–Kier alpha value is -1.34. The van der Waals surface area contributed by atoms with E-state index in [0.717, 1.165) is 18.2 Å².